The smallest absolute Gasteiger partial charge is 0.325 e. The van der Waals surface area contributed by atoms with Crippen LogP contribution in [0.3, 0.4) is 0 Å². The zero-order chi connectivity index (χ0) is 17.0. The van der Waals surface area contributed by atoms with Crippen LogP contribution in [0, 0.1) is 12.7 Å². The molecule has 1 saturated heterocycles. The van der Waals surface area contributed by atoms with Gasteiger partial charge in [0.05, 0.1) is 0 Å². The first kappa shape index (κ1) is 17.3. The van der Waals surface area contributed by atoms with E-state index < -0.39 is 36.2 Å². The van der Waals surface area contributed by atoms with Crippen molar-refractivity contribution in [1.29, 1.82) is 0 Å². The van der Waals surface area contributed by atoms with Gasteiger partial charge in [0.15, 0.2) is 0 Å². The Labute approximate surface area is 137 Å². The molecule has 1 fully saturated rings. The first-order chi connectivity index (χ1) is 10.9. The molecule has 1 aliphatic heterocycles. The number of benzene rings is 1. The average Bonchev–Trinajstić information content (AvgIpc) is 2.76. The number of carbonyl (C=O) groups is 3. The molecule has 2 rings (SSSR count). The molecule has 0 aromatic heterocycles. The van der Waals surface area contributed by atoms with Crippen molar-refractivity contribution in [2.24, 2.45) is 0 Å². The summed E-state index contributed by atoms with van der Waals surface area (Å²) in [5.74, 6) is -0.661. The van der Waals surface area contributed by atoms with E-state index in [4.69, 9.17) is 0 Å². The first-order valence-electron chi connectivity index (χ1n) is 7.09. The lowest BCUT2D eigenvalue weighted by Crippen LogP contribution is -2.38. The van der Waals surface area contributed by atoms with Crippen LogP contribution in [0.1, 0.15) is 12.0 Å². The molecular formula is C15H18FN3O3S. The molecule has 0 spiro atoms. The quantitative estimate of drug-likeness (QED) is 0.774. The van der Waals surface area contributed by atoms with E-state index in [2.05, 4.69) is 10.6 Å². The Bertz CT molecular complexity index is 638. The van der Waals surface area contributed by atoms with Crippen LogP contribution in [0.15, 0.2) is 18.2 Å². The van der Waals surface area contributed by atoms with Crippen LogP contribution < -0.4 is 10.6 Å². The third kappa shape index (κ3) is 4.22. The van der Waals surface area contributed by atoms with Crippen molar-refractivity contribution in [3.8, 4) is 0 Å². The standard InChI is InChI=1S/C15H18FN3O3S/c1-9-3-4-10(7-11(9)16)17-13(20)8-19-14(21)12(5-6-23-2)18-15(19)22/h3-4,7,12H,5-6,8H2,1-2H3,(H,17,20)(H,18,22)/t12-/m1/s1. The van der Waals surface area contributed by atoms with Gasteiger partial charge in [0, 0.05) is 5.69 Å². The molecule has 1 aliphatic rings. The van der Waals surface area contributed by atoms with Gasteiger partial charge < -0.3 is 10.6 Å². The third-order valence-electron chi connectivity index (χ3n) is 3.47. The van der Waals surface area contributed by atoms with Crippen molar-refractivity contribution in [3.63, 3.8) is 0 Å². The summed E-state index contributed by atoms with van der Waals surface area (Å²) < 4.78 is 13.4. The number of nitrogens with zero attached hydrogens (tertiary/aromatic N) is 1. The number of amides is 4. The minimum atomic E-state index is -0.584. The van der Waals surface area contributed by atoms with Crippen molar-refractivity contribution >= 4 is 35.3 Å². The number of rotatable bonds is 6. The van der Waals surface area contributed by atoms with Crippen LogP contribution in [0.25, 0.3) is 0 Å². The summed E-state index contributed by atoms with van der Waals surface area (Å²) in [7, 11) is 0. The molecule has 0 unspecified atom stereocenters. The molecule has 0 radical (unpaired) electrons. The highest BCUT2D eigenvalue weighted by atomic mass is 32.2. The number of carbonyl (C=O) groups excluding carboxylic acids is 3. The van der Waals surface area contributed by atoms with E-state index in [9.17, 15) is 18.8 Å². The fraction of sp³-hybridized carbons (Fsp3) is 0.400. The van der Waals surface area contributed by atoms with E-state index in [1.807, 2.05) is 6.26 Å². The fourth-order valence-electron chi connectivity index (χ4n) is 2.17. The lowest BCUT2D eigenvalue weighted by molar-refractivity contribution is -0.130. The SMILES string of the molecule is CSCC[C@H]1NC(=O)N(CC(=O)Nc2ccc(C)c(F)c2)C1=O. The second-order valence-electron chi connectivity index (χ2n) is 5.22. The van der Waals surface area contributed by atoms with Gasteiger partial charge in [-0.3, -0.25) is 14.5 Å². The molecule has 1 aromatic rings. The summed E-state index contributed by atoms with van der Waals surface area (Å²) in [6.45, 7) is 1.22. The van der Waals surface area contributed by atoms with Crippen LogP contribution >= 0.6 is 11.8 Å². The van der Waals surface area contributed by atoms with Crippen LogP contribution in [0.2, 0.25) is 0 Å². The Kier molecular flexibility index (Phi) is 5.59. The number of thioether (sulfide) groups is 1. The minimum Gasteiger partial charge on any atom is -0.326 e. The van der Waals surface area contributed by atoms with Gasteiger partial charge in [-0.25, -0.2) is 9.18 Å². The highest BCUT2D eigenvalue weighted by molar-refractivity contribution is 7.98. The molecule has 1 heterocycles. The van der Waals surface area contributed by atoms with Gasteiger partial charge >= 0.3 is 6.03 Å². The summed E-state index contributed by atoms with van der Waals surface area (Å²) in [4.78, 5) is 36.7. The average molecular weight is 339 g/mol. The lowest BCUT2D eigenvalue weighted by atomic mass is 10.2. The van der Waals surface area contributed by atoms with E-state index in [1.165, 1.54) is 12.1 Å². The maximum atomic E-state index is 13.4. The number of nitrogens with one attached hydrogen (secondary N) is 2. The number of hydrogen-bond donors (Lipinski definition) is 2. The molecular weight excluding hydrogens is 321 g/mol. The predicted octanol–water partition coefficient (Wildman–Crippen LogP) is 1.75. The Hall–Kier alpha value is -2.09. The summed E-state index contributed by atoms with van der Waals surface area (Å²) >= 11 is 1.57. The first-order valence-corrected chi connectivity index (χ1v) is 8.48. The summed E-state index contributed by atoms with van der Waals surface area (Å²) in [5.41, 5.74) is 0.748. The number of halogens is 1. The second kappa shape index (κ2) is 7.45. The molecule has 23 heavy (non-hydrogen) atoms. The Morgan fingerprint density at radius 2 is 2.17 bits per heavy atom. The molecule has 8 heteroatoms. The van der Waals surface area contributed by atoms with Crippen molar-refractivity contribution in [3.05, 3.63) is 29.6 Å². The van der Waals surface area contributed by atoms with Crippen LogP contribution in [-0.2, 0) is 9.59 Å². The van der Waals surface area contributed by atoms with Gasteiger partial charge in [0.2, 0.25) is 5.91 Å². The molecule has 124 valence electrons. The molecule has 0 saturated carbocycles. The number of imide groups is 1. The van der Waals surface area contributed by atoms with E-state index in [1.54, 1.807) is 24.8 Å². The van der Waals surface area contributed by atoms with Gasteiger partial charge in [-0.1, -0.05) is 6.07 Å². The summed E-state index contributed by atoms with van der Waals surface area (Å²) in [6.07, 6.45) is 2.43. The molecule has 0 aliphatic carbocycles. The van der Waals surface area contributed by atoms with Gasteiger partial charge in [-0.15, -0.1) is 0 Å². The number of urea groups is 1. The van der Waals surface area contributed by atoms with Gasteiger partial charge in [0.25, 0.3) is 5.91 Å². The summed E-state index contributed by atoms with van der Waals surface area (Å²) in [5, 5.41) is 5.04. The lowest BCUT2D eigenvalue weighted by Gasteiger charge is -2.13. The fourth-order valence-corrected chi connectivity index (χ4v) is 2.64. The maximum absolute atomic E-state index is 13.4. The molecule has 1 aromatic carbocycles. The van der Waals surface area contributed by atoms with Crippen molar-refractivity contribution in [1.82, 2.24) is 10.2 Å². The maximum Gasteiger partial charge on any atom is 0.325 e. The molecule has 2 N–H and O–H groups in total. The van der Waals surface area contributed by atoms with E-state index in [0.717, 1.165) is 10.7 Å². The Balaban J connectivity index is 1.95. The van der Waals surface area contributed by atoms with Crippen molar-refractivity contribution in [2.75, 3.05) is 23.9 Å². The third-order valence-corrected chi connectivity index (χ3v) is 4.12. The molecule has 4 amide bonds. The van der Waals surface area contributed by atoms with Gasteiger partial charge in [-0.05, 0) is 43.0 Å². The van der Waals surface area contributed by atoms with Gasteiger partial charge in [0.1, 0.15) is 18.4 Å². The zero-order valence-corrected chi connectivity index (χ0v) is 13.7. The van der Waals surface area contributed by atoms with Crippen molar-refractivity contribution < 1.29 is 18.8 Å². The zero-order valence-electron chi connectivity index (χ0n) is 12.9. The monoisotopic (exact) mass is 339 g/mol. The molecule has 1 atom stereocenters. The van der Waals surface area contributed by atoms with Crippen molar-refractivity contribution in [2.45, 2.75) is 19.4 Å². The van der Waals surface area contributed by atoms with Gasteiger partial charge in [-0.2, -0.15) is 11.8 Å². The second-order valence-corrected chi connectivity index (χ2v) is 6.21. The summed E-state index contributed by atoms with van der Waals surface area (Å²) in [6, 6.07) is 3.13. The van der Waals surface area contributed by atoms with Crippen LogP contribution in [0.5, 0.6) is 0 Å². The predicted molar refractivity (Wildman–Crippen MR) is 86.8 cm³/mol. The molecule has 0 bridgehead atoms. The van der Waals surface area contributed by atoms with Crippen LogP contribution in [-0.4, -0.2) is 47.3 Å². The van der Waals surface area contributed by atoms with E-state index >= 15 is 0 Å². The van der Waals surface area contributed by atoms with Crippen LogP contribution in [0.4, 0.5) is 14.9 Å². The highest BCUT2D eigenvalue weighted by Gasteiger charge is 2.38. The normalized spacial score (nSPS) is 17.3. The largest absolute Gasteiger partial charge is 0.326 e. The minimum absolute atomic E-state index is 0.282. The number of anilines is 1. The highest BCUT2D eigenvalue weighted by Crippen LogP contribution is 2.15. The number of hydrogen-bond acceptors (Lipinski definition) is 4. The number of aryl methyl sites for hydroxylation is 1. The van der Waals surface area contributed by atoms with E-state index in [0.29, 0.717) is 12.0 Å². The molecule has 6 nitrogen and oxygen atoms in total. The Morgan fingerprint density at radius 1 is 1.43 bits per heavy atom. The topological polar surface area (TPSA) is 78.5 Å². The van der Waals surface area contributed by atoms with E-state index in [-0.39, 0.29) is 5.69 Å². The Morgan fingerprint density at radius 3 is 2.83 bits per heavy atom.